The molecule has 2 aromatic carbocycles. The van der Waals surface area contributed by atoms with Gasteiger partial charge in [-0.2, -0.15) is 4.31 Å². The van der Waals surface area contributed by atoms with Crippen molar-refractivity contribution in [3.8, 4) is 0 Å². The summed E-state index contributed by atoms with van der Waals surface area (Å²) in [4.78, 5) is 24.8. The van der Waals surface area contributed by atoms with Crippen LogP contribution >= 0.6 is 0 Å². The number of nitrogens with zero attached hydrogens (tertiary/aromatic N) is 1. The Morgan fingerprint density at radius 2 is 1.64 bits per heavy atom. The fraction of sp³-hybridized carbons (Fsp3) is 0.440. The van der Waals surface area contributed by atoms with E-state index in [1.807, 2.05) is 18.2 Å². The quantitative estimate of drug-likeness (QED) is 0.594. The Labute approximate surface area is 196 Å². The van der Waals surface area contributed by atoms with Crippen molar-refractivity contribution >= 4 is 21.9 Å². The molecule has 1 aliphatic heterocycles. The number of ether oxygens (including phenoxy) is 1. The molecule has 0 saturated carbocycles. The van der Waals surface area contributed by atoms with E-state index >= 15 is 0 Å². The minimum absolute atomic E-state index is 0.0144. The SMILES string of the molecule is COC(=O)c1ccccc1S(=O)(=O)N1CCC(C(=O)NCC(c2ccccc2)C(C)C)CC1. The lowest BCUT2D eigenvalue weighted by molar-refractivity contribution is -0.126. The highest BCUT2D eigenvalue weighted by molar-refractivity contribution is 7.89. The van der Waals surface area contributed by atoms with E-state index in [9.17, 15) is 18.0 Å². The topological polar surface area (TPSA) is 92.8 Å². The summed E-state index contributed by atoms with van der Waals surface area (Å²) < 4.78 is 32.4. The molecular weight excluding hydrogens is 440 g/mol. The maximum atomic E-state index is 13.2. The third kappa shape index (κ3) is 5.81. The van der Waals surface area contributed by atoms with Gasteiger partial charge in [-0.1, -0.05) is 56.3 Å². The van der Waals surface area contributed by atoms with Crippen molar-refractivity contribution in [3.05, 3.63) is 65.7 Å². The maximum Gasteiger partial charge on any atom is 0.339 e. The molecule has 178 valence electrons. The zero-order valence-corrected chi connectivity index (χ0v) is 20.2. The third-order valence-corrected chi connectivity index (χ3v) is 8.22. The molecule has 1 amide bonds. The summed E-state index contributed by atoms with van der Waals surface area (Å²) in [5, 5.41) is 3.08. The van der Waals surface area contributed by atoms with Gasteiger partial charge in [0.15, 0.2) is 0 Å². The molecule has 0 aliphatic carbocycles. The van der Waals surface area contributed by atoms with E-state index in [4.69, 9.17) is 4.74 Å². The zero-order valence-electron chi connectivity index (χ0n) is 19.4. The minimum atomic E-state index is -3.87. The molecular formula is C25H32N2O5S. The highest BCUT2D eigenvalue weighted by Crippen LogP contribution is 2.27. The molecule has 33 heavy (non-hydrogen) atoms. The third-order valence-electron chi connectivity index (χ3n) is 6.26. The summed E-state index contributed by atoms with van der Waals surface area (Å²) in [6.45, 7) is 5.27. The summed E-state index contributed by atoms with van der Waals surface area (Å²) in [6.07, 6.45) is 0.867. The van der Waals surface area contributed by atoms with E-state index < -0.39 is 16.0 Å². The van der Waals surface area contributed by atoms with Crippen molar-refractivity contribution < 1.29 is 22.7 Å². The van der Waals surface area contributed by atoms with Crippen LogP contribution < -0.4 is 5.32 Å². The van der Waals surface area contributed by atoms with Crippen molar-refractivity contribution in [3.63, 3.8) is 0 Å². The van der Waals surface area contributed by atoms with Crippen molar-refractivity contribution in [2.45, 2.75) is 37.5 Å². The van der Waals surface area contributed by atoms with Gasteiger partial charge in [0.05, 0.1) is 17.6 Å². The lowest BCUT2D eigenvalue weighted by atomic mass is 9.88. The second kappa shape index (κ2) is 10.9. The Balaban J connectivity index is 1.61. The van der Waals surface area contributed by atoms with Gasteiger partial charge in [0.2, 0.25) is 15.9 Å². The van der Waals surface area contributed by atoms with Gasteiger partial charge in [0.25, 0.3) is 0 Å². The van der Waals surface area contributed by atoms with Crippen LogP contribution in [0.4, 0.5) is 0 Å². The smallest absolute Gasteiger partial charge is 0.339 e. The predicted octanol–water partition coefficient (Wildman–Crippen LogP) is 3.43. The maximum absolute atomic E-state index is 13.2. The van der Waals surface area contributed by atoms with Crippen molar-refractivity contribution in [1.82, 2.24) is 9.62 Å². The second-order valence-corrected chi connectivity index (χ2v) is 10.6. The number of rotatable bonds is 8. The van der Waals surface area contributed by atoms with Gasteiger partial charge in [-0.25, -0.2) is 13.2 Å². The van der Waals surface area contributed by atoms with Gasteiger partial charge in [-0.3, -0.25) is 4.79 Å². The van der Waals surface area contributed by atoms with E-state index in [0.717, 1.165) is 0 Å². The van der Waals surface area contributed by atoms with Crippen LogP contribution in [0.5, 0.6) is 0 Å². The molecule has 0 bridgehead atoms. The number of esters is 1. The normalized spacial score (nSPS) is 16.4. The Morgan fingerprint density at radius 1 is 1.03 bits per heavy atom. The first-order valence-corrected chi connectivity index (χ1v) is 12.7. The lowest BCUT2D eigenvalue weighted by Crippen LogP contribution is -2.44. The second-order valence-electron chi connectivity index (χ2n) is 8.67. The molecule has 1 N–H and O–H groups in total. The molecule has 3 rings (SSSR count). The van der Waals surface area contributed by atoms with Crippen LogP contribution in [0.2, 0.25) is 0 Å². The van der Waals surface area contributed by atoms with Crippen LogP contribution in [-0.2, 0) is 19.6 Å². The molecule has 8 heteroatoms. The van der Waals surface area contributed by atoms with Gasteiger partial charge in [-0.15, -0.1) is 0 Å². The first-order valence-electron chi connectivity index (χ1n) is 11.3. The highest BCUT2D eigenvalue weighted by atomic mass is 32.2. The number of hydrogen-bond donors (Lipinski definition) is 1. The molecule has 0 spiro atoms. The fourth-order valence-corrected chi connectivity index (χ4v) is 5.91. The lowest BCUT2D eigenvalue weighted by Gasteiger charge is -2.31. The van der Waals surface area contributed by atoms with E-state index in [0.29, 0.717) is 25.3 Å². The Bertz CT molecular complexity index is 1060. The van der Waals surface area contributed by atoms with Gasteiger partial charge in [0, 0.05) is 31.5 Å². The molecule has 1 fully saturated rings. The summed E-state index contributed by atoms with van der Waals surface area (Å²) in [5.74, 6) is -0.388. The van der Waals surface area contributed by atoms with Crippen LogP contribution in [0.25, 0.3) is 0 Å². The van der Waals surface area contributed by atoms with Gasteiger partial charge in [-0.05, 0) is 36.5 Å². The van der Waals surface area contributed by atoms with E-state index in [1.165, 1.54) is 29.1 Å². The largest absolute Gasteiger partial charge is 0.465 e. The Hall–Kier alpha value is -2.71. The molecule has 1 unspecified atom stereocenters. The van der Waals surface area contributed by atoms with Gasteiger partial charge < -0.3 is 10.1 Å². The number of nitrogens with one attached hydrogen (secondary N) is 1. The van der Waals surface area contributed by atoms with E-state index in [1.54, 1.807) is 12.1 Å². The van der Waals surface area contributed by atoms with Crippen molar-refractivity contribution in [2.75, 3.05) is 26.7 Å². The number of sulfonamides is 1. The molecule has 1 atom stereocenters. The Kier molecular flexibility index (Phi) is 8.26. The minimum Gasteiger partial charge on any atom is -0.465 e. The van der Waals surface area contributed by atoms with E-state index in [2.05, 4.69) is 31.3 Å². The van der Waals surface area contributed by atoms with Crippen LogP contribution in [0.1, 0.15) is 48.5 Å². The molecule has 7 nitrogen and oxygen atoms in total. The van der Waals surface area contributed by atoms with Gasteiger partial charge >= 0.3 is 5.97 Å². The zero-order chi connectivity index (χ0) is 24.0. The number of carbonyl (C=O) groups excluding carboxylic acids is 2. The Morgan fingerprint density at radius 3 is 2.24 bits per heavy atom. The average Bonchev–Trinajstić information content (AvgIpc) is 2.84. The molecule has 1 saturated heterocycles. The summed E-state index contributed by atoms with van der Waals surface area (Å²) >= 11 is 0. The summed E-state index contributed by atoms with van der Waals surface area (Å²) in [7, 11) is -2.65. The molecule has 0 radical (unpaired) electrons. The summed E-state index contributed by atoms with van der Waals surface area (Å²) in [5.41, 5.74) is 1.21. The molecule has 2 aromatic rings. The number of amides is 1. The molecule has 1 heterocycles. The average molecular weight is 473 g/mol. The standard InChI is InChI=1S/C25H32N2O5S/c1-18(2)22(19-9-5-4-6-10-19)17-26-24(28)20-13-15-27(16-14-20)33(30,31)23-12-8-7-11-21(23)25(29)32-3/h4-12,18,20,22H,13-17H2,1-3H3,(H,26,28). The predicted molar refractivity (Wildman–Crippen MR) is 126 cm³/mol. The first kappa shape index (κ1) is 24.9. The highest BCUT2D eigenvalue weighted by Gasteiger charge is 2.34. The van der Waals surface area contributed by atoms with E-state index in [-0.39, 0.29) is 41.3 Å². The number of carbonyl (C=O) groups is 2. The van der Waals surface area contributed by atoms with Gasteiger partial charge in [0.1, 0.15) is 0 Å². The van der Waals surface area contributed by atoms with Crippen LogP contribution in [0.3, 0.4) is 0 Å². The molecule has 0 aromatic heterocycles. The summed E-state index contributed by atoms with van der Waals surface area (Å²) in [6, 6.07) is 16.2. The van der Waals surface area contributed by atoms with Crippen LogP contribution in [-0.4, -0.2) is 51.3 Å². The number of hydrogen-bond acceptors (Lipinski definition) is 5. The number of benzene rings is 2. The molecule has 1 aliphatic rings. The monoisotopic (exact) mass is 472 g/mol. The number of piperidine rings is 1. The first-order chi connectivity index (χ1) is 15.8. The van der Waals surface area contributed by atoms with Crippen molar-refractivity contribution in [1.29, 1.82) is 0 Å². The van der Waals surface area contributed by atoms with Crippen molar-refractivity contribution in [2.24, 2.45) is 11.8 Å². The van der Waals surface area contributed by atoms with Crippen LogP contribution in [0.15, 0.2) is 59.5 Å². The fourth-order valence-electron chi connectivity index (χ4n) is 4.26. The number of methoxy groups -OCH3 is 1. The van der Waals surface area contributed by atoms with Crippen LogP contribution in [0, 0.1) is 11.8 Å².